The average molecular weight is 292 g/mol. The number of nitrogens with one attached hydrogen (secondary N) is 1. The molecule has 2 heterocycles. The Morgan fingerprint density at radius 3 is 2.95 bits per heavy atom. The smallest absolute Gasteiger partial charge is 0.293 e. The zero-order valence-electron chi connectivity index (χ0n) is 13.5. The fourth-order valence-corrected chi connectivity index (χ4v) is 2.97. The second-order valence-corrected chi connectivity index (χ2v) is 6.30. The first-order chi connectivity index (χ1) is 10.1. The molecule has 0 aromatic carbocycles. The van der Waals surface area contributed by atoms with Crippen LogP contribution in [0.4, 0.5) is 5.82 Å². The summed E-state index contributed by atoms with van der Waals surface area (Å²) in [5, 5.41) is 3.43. The SMILES string of the molecule is CCCN(c1nccn(CC(C)C)c1=O)C1CCCNC1. The first-order valence-corrected chi connectivity index (χ1v) is 8.16. The quantitative estimate of drug-likeness (QED) is 0.869. The van der Waals surface area contributed by atoms with Gasteiger partial charge in [0.25, 0.3) is 5.56 Å². The number of hydrogen-bond acceptors (Lipinski definition) is 4. The Labute approximate surface area is 127 Å². The summed E-state index contributed by atoms with van der Waals surface area (Å²) in [5.74, 6) is 1.07. The summed E-state index contributed by atoms with van der Waals surface area (Å²) in [6, 6.07) is 0.383. The Bertz CT molecular complexity index is 491. The number of anilines is 1. The minimum absolute atomic E-state index is 0.0465. The Morgan fingerprint density at radius 2 is 2.33 bits per heavy atom. The van der Waals surface area contributed by atoms with Crippen molar-refractivity contribution >= 4 is 5.82 Å². The minimum Gasteiger partial charge on any atom is -0.348 e. The first-order valence-electron chi connectivity index (χ1n) is 8.16. The van der Waals surface area contributed by atoms with E-state index in [0.29, 0.717) is 17.8 Å². The van der Waals surface area contributed by atoms with Crippen LogP contribution in [0.3, 0.4) is 0 Å². The molecule has 5 heteroatoms. The third-order valence-electron chi connectivity index (χ3n) is 3.91. The molecule has 1 fully saturated rings. The summed E-state index contributed by atoms with van der Waals surface area (Å²) >= 11 is 0. The van der Waals surface area contributed by atoms with E-state index in [-0.39, 0.29) is 5.56 Å². The van der Waals surface area contributed by atoms with Crippen molar-refractivity contribution in [2.75, 3.05) is 24.5 Å². The molecule has 0 saturated carbocycles. The standard InChI is InChI=1S/C16H28N4O/c1-4-9-20(14-6-5-7-17-11-14)15-16(21)19(10-8-18-15)12-13(2)3/h8,10,13-14,17H,4-7,9,11-12H2,1-3H3. The highest BCUT2D eigenvalue weighted by Gasteiger charge is 2.24. The molecule has 1 aromatic heterocycles. The lowest BCUT2D eigenvalue weighted by atomic mass is 10.1. The molecule has 1 aliphatic rings. The second kappa shape index (κ2) is 7.59. The van der Waals surface area contributed by atoms with E-state index < -0.39 is 0 Å². The second-order valence-electron chi connectivity index (χ2n) is 6.30. The van der Waals surface area contributed by atoms with Crippen molar-refractivity contribution < 1.29 is 0 Å². The van der Waals surface area contributed by atoms with E-state index in [2.05, 4.69) is 36.0 Å². The maximum absolute atomic E-state index is 12.7. The molecule has 0 radical (unpaired) electrons. The molecule has 0 spiro atoms. The van der Waals surface area contributed by atoms with Crippen LogP contribution in [0.1, 0.15) is 40.0 Å². The molecular weight excluding hydrogens is 264 g/mol. The van der Waals surface area contributed by atoms with Crippen LogP contribution in [0.15, 0.2) is 17.2 Å². The molecule has 1 aromatic rings. The largest absolute Gasteiger partial charge is 0.348 e. The lowest BCUT2D eigenvalue weighted by Gasteiger charge is -2.35. The van der Waals surface area contributed by atoms with Gasteiger partial charge in [-0.2, -0.15) is 0 Å². The van der Waals surface area contributed by atoms with Gasteiger partial charge in [0.1, 0.15) is 0 Å². The van der Waals surface area contributed by atoms with Crippen LogP contribution in [-0.2, 0) is 6.54 Å². The molecule has 1 atom stereocenters. The Morgan fingerprint density at radius 1 is 1.52 bits per heavy atom. The van der Waals surface area contributed by atoms with Gasteiger partial charge >= 0.3 is 0 Å². The molecule has 1 aliphatic heterocycles. The van der Waals surface area contributed by atoms with Crippen LogP contribution in [0, 0.1) is 5.92 Å². The third-order valence-corrected chi connectivity index (χ3v) is 3.91. The molecule has 1 N–H and O–H groups in total. The number of hydrogen-bond donors (Lipinski definition) is 1. The van der Waals surface area contributed by atoms with Gasteiger partial charge in [-0.15, -0.1) is 0 Å². The number of rotatable bonds is 6. The van der Waals surface area contributed by atoms with Crippen molar-refractivity contribution in [1.29, 1.82) is 0 Å². The van der Waals surface area contributed by atoms with E-state index in [1.54, 1.807) is 17.0 Å². The summed E-state index contributed by atoms with van der Waals surface area (Å²) < 4.78 is 1.80. The van der Waals surface area contributed by atoms with Crippen molar-refractivity contribution in [2.45, 2.75) is 52.6 Å². The molecule has 1 unspecified atom stereocenters. The molecule has 2 rings (SSSR count). The third kappa shape index (κ3) is 4.06. The predicted molar refractivity (Wildman–Crippen MR) is 86.9 cm³/mol. The van der Waals surface area contributed by atoms with Crippen molar-refractivity contribution in [1.82, 2.24) is 14.9 Å². The molecule has 0 aliphatic carbocycles. The van der Waals surface area contributed by atoms with Crippen LogP contribution in [0.25, 0.3) is 0 Å². The molecular formula is C16H28N4O. The molecule has 21 heavy (non-hydrogen) atoms. The van der Waals surface area contributed by atoms with E-state index in [4.69, 9.17) is 0 Å². The van der Waals surface area contributed by atoms with Crippen LogP contribution < -0.4 is 15.8 Å². The summed E-state index contributed by atoms with van der Waals surface area (Å²) in [4.78, 5) is 19.3. The maximum Gasteiger partial charge on any atom is 0.293 e. The first kappa shape index (κ1) is 16.0. The van der Waals surface area contributed by atoms with Crippen molar-refractivity contribution in [3.05, 3.63) is 22.7 Å². The highest BCUT2D eigenvalue weighted by atomic mass is 16.1. The van der Waals surface area contributed by atoms with Gasteiger partial charge in [0.05, 0.1) is 0 Å². The molecule has 0 bridgehead atoms. The normalized spacial score (nSPS) is 19.0. The van der Waals surface area contributed by atoms with Gasteiger partial charge in [0.2, 0.25) is 0 Å². The number of nitrogens with zero attached hydrogens (tertiary/aromatic N) is 3. The highest BCUT2D eigenvalue weighted by molar-refractivity contribution is 5.37. The lowest BCUT2D eigenvalue weighted by molar-refractivity contribution is 0.425. The van der Waals surface area contributed by atoms with Gasteiger partial charge in [-0.3, -0.25) is 4.79 Å². The molecule has 118 valence electrons. The van der Waals surface area contributed by atoms with Crippen LogP contribution in [0.2, 0.25) is 0 Å². The van der Waals surface area contributed by atoms with Crippen molar-refractivity contribution in [2.24, 2.45) is 5.92 Å². The van der Waals surface area contributed by atoms with Gasteiger partial charge in [0.15, 0.2) is 5.82 Å². The zero-order chi connectivity index (χ0) is 15.2. The fraction of sp³-hybridized carbons (Fsp3) is 0.750. The monoisotopic (exact) mass is 292 g/mol. The topological polar surface area (TPSA) is 50.2 Å². The van der Waals surface area contributed by atoms with Crippen LogP contribution in [-0.4, -0.2) is 35.2 Å². The summed E-state index contributed by atoms with van der Waals surface area (Å²) in [5.41, 5.74) is 0.0465. The van der Waals surface area contributed by atoms with E-state index >= 15 is 0 Å². The lowest BCUT2D eigenvalue weighted by Crippen LogP contribution is -2.49. The van der Waals surface area contributed by atoms with Crippen molar-refractivity contribution in [3.8, 4) is 0 Å². The molecule has 5 nitrogen and oxygen atoms in total. The van der Waals surface area contributed by atoms with Gasteiger partial charge in [0, 0.05) is 38.1 Å². The summed E-state index contributed by atoms with van der Waals surface area (Å²) in [6.45, 7) is 10.1. The summed E-state index contributed by atoms with van der Waals surface area (Å²) in [6.07, 6.45) is 6.88. The highest BCUT2D eigenvalue weighted by Crippen LogP contribution is 2.16. The average Bonchev–Trinajstić information content (AvgIpc) is 2.48. The van der Waals surface area contributed by atoms with E-state index in [1.165, 1.54) is 0 Å². The maximum atomic E-state index is 12.7. The van der Waals surface area contributed by atoms with Gasteiger partial charge < -0.3 is 14.8 Å². The summed E-state index contributed by atoms with van der Waals surface area (Å²) in [7, 11) is 0. The van der Waals surface area contributed by atoms with E-state index in [1.807, 2.05) is 0 Å². The van der Waals surface area contributed by atoms with Gasteiger partial charge in [-0.25, -0.2) is 4.98 Å². The van der Waals surface area contributed by atoms with E-state index in [9.17, 15) is 4.79 Å². The Kier molecular flexibility index (Phi) is 5.79. The van der Waals surface area contributed by atoms with E-state index in [0.717, 1.165) is 45.4 Å². The van der Waals surface area contributed by atoms with Crippen molar-refractivity contribution in [3.63, 3.8) is 0 Å². The van der Waals surface area contributed by atoms with Gasteiger partial charge in [-0.05, 0) is 31.7 Å². The Balaban J connectivity index is 2.29. The number of aromatic nitrogens is 2. The number of piperidine rings is 1. The molecule has 0 amide bonds. The minimum atomic E-state index is 0.0465. The predicted octanol–water partition coefficient (Wildman–Crippen LogP) is 1.87. The van der Waals surface area contributed by atoms with Crippen LogP contribution in [0.5, 0.6) is 0 Å². The van der Waals surface area contributed by atoms with Gasteiger partial charge in [-0.1, -0.05) is 20.8 Å². The zero-order valence-corrected chi connectivity index (χ0v) is 13.5. The molecule has 1 saturated heterocycles. The fourth-order valence-electron chi connectivity index (χ4n) is 2.97. The van der Waals surface area contributed by atoms with Crippen LogP contribution >= 0.6 is 0 Å². The Hall–Kier alpha value is -1.36.